The highest BCUT2D eigenvalue weighted by Gasteiger charge is 2.38. The van der Waals surface area contributed by atoms with Gasteiger partial charge in [0, 0.05) is 30.8 Å². The van der Waals surface area contributed by atoms with Crippen molar-refractivity contribution in [1.82, 2.24) is 20.8 Å². The number of aryl methyl sites for hydroxylation is 1. The van der Waals surface area contributed by atoms with E-state index in [2.05, 4.69) is 65.9 Å². The van der Waals surface area contributed by atoms with Gasteiger partial charge in [-0.15, -0.1) is 0 Å². The summed E-state index contributed by atoms with van der Waals surface area (Å²) in [6.07, 6.45) is 3.24. The SMILES string of the molecule is CC(=O)NC(Cc1cc(F)cc(F)c1)[C@H](O)CNC1(c2cccc(C(C)(C)C)c2)CCc2[nH]ncc2C1. The molecule has 1 aliphatic carbocycles. The van der Waals surface area contributed by atoms with Crippen LogP contribution in [0.15, 0.2) is 48.7 Å². The van der Waals surface area contributed by atoms with Crippen LogP contribution in [-0.2, 0) is 35.0 Å². The molecule has 0 bridgehead atoms. The molecule has 1 aliphatic rings. The third kappa shape index (κ3) is 6.43. The van der Waals surface area contributed by atoms with Crippen LogP contribution in [0.3, 0.4) is 0 Å². The quantitative estimate of drug-likeness (QED) is 0.368. The van der Waals surface area contributed by atoms with Gasteiger partial charge in [-0.1, -0.05) is 45.0 Å². The zero-order chi connectivity index (χ0) is 26.8. The van der Waals surface area contributed by atoms with E-state index in [-0.39, 0.29) is 24.3 Å². The Morgan fingerprint density at radius 3 is 2.59 bits per heavy atom. The summed E-state index contributed by atoms with van der Waals surface area (Å²) < 4.78 is 27.5. The Bertz CT molecular complexity index is 1230. The summed E-state index contributed by atoms with van der Waals surface area (Å²) in [4.78, 5) is 11.9. The van der Waals surface area contributed by atoms with Crippen LogP contribution >= 0.6 is 0 Å². The van der Waals surface area contributed by atoms with Crippen molar-refractivity contribution in [2.45, 2.75) is 76.5 Å². The summed E-state index contributed by atoms with van der Waals surface area (Å²) >= 11 is 0. The summed E-state index contributed by atoms with van der Waals surface area (Å²) in [6.45, 7) is 8.07. The van der Waals surface area contributed by atoms with E-state index in [1.54, 1.807) is 0 Å². The molecule has 2 aromatic carbocycles. The lowest BCUT2D eigenvalue weighted by molar-refractivity contribution is -0.120. The van der Waals surface area contributed by atoms with Gasteiger partial charge in [0.2, 0.25) is 5.91 Å². The molecular formula is C29H36F2N4O2. The van der Waals surface area contributed by atoms with E-state index in [0.717, 1.165) is 35.7 Å². The first-order valence-corrected chi connectivity index (χ1v) is 12.7. The number of amides is 1. The summed E-state index contributed by atoms with van der Waals surface area (Å²) in [5.74, 6) is -1.71. The molecule has 1 aromatic heterocycles. The number of hydrogen-bond donors (Lipinski definition) is 4. The largest absolute Gasteiger partial charge is 0.390 e. The number of aliphatic hydroxyl groups excluding tert-OH is 1. The van der Waals surface area contributed by atoms with E-state index in [1.165, 1.54) is 24.6 Å². The van der Waals surface area contributed by atoms with Crippen molar-refractivity contribution in [2.24, 2.45) is 0 Å². The van der Waals surface area contributed by atoms with E-state index in [1.807, 2.05) is 6.20 Å². The molecule has 4 rings (SSSR count). The van der Waals surface area contributed by atoms with E-state index in [9.17, 15) is 18.7 Å². The molecule has 8 heteroatoms. The third-order valence-corrected chi connectivity index (χ3v) is 7.26. The Balaban J connectivity index is 1.60. The summed E-state index contributed by atoms with van der Waals surface area (Å²) in [7, 11) is 0. The van der Waals surface area contributed by atoms with Gasteiger partial charge in [-0.2, -0.15) is 5.10 Å². The number of aromatic nitrogens is 2. The van der Waals surface area contributed by atoms with Crippen molar-refractivity contribution in [1.29, 1.82) is 0 Å². The van der Waals surface area contributed by atoms with Crippen molar-refractivity contribution in [3.63, 3.8) is 0 Å². The molecule has 0 saturated carbocycles. The number of nitrogens with zero attached hydrogens (tertiary/aromatic N) is 1. The fraction of sp³-hybridized carbons (Fsp3) is 0.448. The first kappa shape index (κ1) is 26.9. The number of rotatable bonds is 8. The van der Waals surface area contributed by atoms with Gasteiger partial charge in [-0.05, 0) is 65.5 Å². The highest BCUT2D eigenvalue weighted by atomic mass is 19.1. The number of fused-ring (bicyclic) bond motifs is 1. The van der Waals surface area contributed by atoms with E-state index < -0.39 is 29.3 Å². The number of hydrogen-bond acceptors (Lipinski definition) is 4. The summed E-state index contributed by atoms with van der Waals surface area (Å²) in [6, 6.07) is 11.1. The second kappa shape index (κ2) is 10.7. The molecule has 2 unspecified atom stereocenters. The first-order valence-electron chi connectivity index (χ1n) is 12.7. The highest BCUT2D eigenvalue weighted by molar-refractivity contribution is 5.73. The average molecular weight is 511 g/mol. The van der Waals surface area contributed by atoms with Crippen LogP contribution in [0.25, 0.3) is 0 Å². The summed E-state index contributed by atoms with van der Waals surface area (Å²) in [5, 5.41) is 24.9. The Kier molecular flexibility index (Phi) is 7.80. The molecule has 3 atom stereocenters. The fourth-order valence-electron chi connectivity index (χ4n) is 5.21. The van der Waals surface area contributed by atoms with Crippen LogP contribution < -0.4 is 10.6 Å². The predicted molar refractivity (Wildman–Crippen MR) is 139 cm³/mol. The number of H-pyrrole nitrogens is 1. The second-order valence-corrected chi connectivity index (χ2v) is 11.2. The van der Waals surface area contributed by atoms with Gasteiger partial charge < -0.3 is 15.7 Å². The van der Waals surface area contributed by atoms with Gasteiger partial charge in [0.25, 0.3) is 0 Å². The summed E-state index contributed by atoms with van der Waals surface area (Å²) in [5.41, 5.74) is 4.48. The average Bonchev–Trinajstić information content (AvgIpc) is 3.28. The Labute approximate surface area is 216 Å². The smallest absolute Gasteiger partial charge is 0.217 e. The minimum absolute atomic E-state index is 0.0249. The standard InChI is InChI=1S/C29H36F2N4O2/c1-18(36)34-26(12-19-10-23(30)14-24(31)11-19)27(37)17-32-29(9-8-25-20(15-29)16-33-35-25)22-7-5-6-21(13-22)28(2,3)4/h5-7,10-11,13-14,16,26-27,32,37H,8-9,12,15,17H2,1-4H3,(H,33,35)(H,34,36)/t26?,27-,29?/m1/s1. The maximum atomic E-state index is 13.8. The van der Waals surface area contributed by atoms with Crippen LogP contribution in [-0.4, -0.2) is 39.9 Å². The van der Waals surface area contributed by atoms with Crippen molar-refractivity contribution < 1.29 is 18.7 Å². The van der Waals surface area contributed by atoms with Crippen LogP contribution in [0.5, 0.6) is 0 Å². The number of carbonyl (C=O) groups excluding carboxylic acids is 1. The number of nitrogens with one attached hydrogen (secondary N) is 3. The van der Waals surface area contributed by atoms with Gasteiger partial charge in [-0.3, -0.25) is 9.89 Å². The van der Waals surface area contributed by atoms with Gasteiger partial charge in [0.1, 0.15) is 11.6 Å². The minimum atomic E-state index is -0.997. The number of aliphatic hydroxyl groups is 1. The van der Waals surface area contributed by atoms with Crippen LogP contribution in [0.1, 0.15) is 62.1 Å². The van der Waals surface area contributed by atoms with Crippen molar-refractivity contribution in [3.05, 3.63) is 88.2 Å². The molecule has 4 N–H and O–H groups in total. The Morgan fingerprint density at radius 1 is 1.19 bits per heavy atom. The van der Waals surface area contributed by atoms with Crippen molar-refractivity contribution in [2.75, 3.05) is 6.54 Å². The molecule has 6 nitrogen and oxygen atoms in total. The van der Waals surface area contributed by atoms with Crippen LogP contribution in [0.2, 0.25) is 0 Å². The number of aromatic amines is 1. The molecule has 0 saturated heterocycles. The molecule has 1 amide bonds. The molecule has 0 fully saturated rings. The first-order chi connectivity index (χ1) is 17.4. The third-order valence-electron chi connectivity index (χ3n) is 7.26. The van der Waals surface area contributed by atoms with Gasteiger partial charge in [0.15, 0.2) is 0 Å². The zero-order valence-corrected chi connectivity index (χ0v) is 21.9. The molecule has 37 heavy (non-hydrogen) atoms. The Hall–Kier alpha value is -3.10. The molecule has 3 aromatic rings. The zero-order valence-electron chi connectivity index (χ0n) is 21.9. The second-order valence-electron chi connectivity index (χ2n) is 11.2. The van der Waals surface area contributed by atoms with Crippen LogP contribution in [0, 0.1) is 11.6 Å². The molecule has 198 valence electrons. The Morgan fingerprint density at radius 2 is 1.92 bits per heavy atom. The van der Waals surface area contributed by atoms with Crippen molar-refractivity contribution >= 4 is 5.91 Å². The van der Waals surface area contributed by atoms with Crippen molar-refractivity contribution in [3.8, 4) is 0 Å². The van der Waals surface area contributed by atoms with Gasteiger partial charge >= 0.3 is 0 Å². The maximum Gasteiger partial charge on any atom is 0.217 e. The highest BCUT2D eigenvalue weighted by Crippen LogP contribution is 2.37. The number of carbonyl (C=O) groups is 1. The lowest BCUT2D eigenvalue weighted by Gasteiger charge is -2.40. The van der Waals surface area contributed by atoms with E-state index >= 15 is 0 Å². The molecule has 0 radical (unpaired) electrons. The van der Waals surface area contributed by atoms with Gasteiger partial charge in [0.05, 0.1) is 18.3 Å². The minimum Gasteiger partial charge on any atom is -0.390 e. The predicted octanol–water partition coefficient (Wildman–Crippen LogP) is 4.07. The lowest BCUT2D eigenvalue weighted by Crippen LogP contribution is -2.54. The van der Waals surface area contributed by atoms with E-state index in [4.69, 9.17) is 0 Å². The normalized spacial score (nSPS) is 19.2. The molecule has 1 heterocycles. The van der Waals surface area contributed by atoms with Gasteiger partial charge in [-0.25, -0.2) is 8.78 Å². The topological polar surface area (TPSA) is 90.0 Å². The fourth-order valence-corrected chi connectivity index (χ4v) is 5.21. The van der Waals surface area contributed by atoms with Crippen LogP contribution in [0.4, 0.5) is 8.78 Å². The monoisotopic (exact) mass is 510 g/mol. The molecule has 0 aliphatic heterocycles. The molecule has 0 spiro atoms. The number of halogens is 2. The number of benzene rings is 2. The molecular weight excluding hydrogens is 474 g/mol. The maximum absolute atomic E-state index is 13.8. The lowest BCUT2D eigenvalue weighted by atomic mass is 9.74. The van der Waals surface area contributed by atoms with E-state index in [0.29, 0.717) is 12.0 Å².